The summed E-state index contributed by atoms with van der Waals surface area (Å²) in [5.74, 6) is 0.429. The Morgan fingerprint density at radius 2 is 1.83 bits per heavy atom. The molecule has 0 aromatic carbocycles. The van der Waals surface area contributed by atoms with Gasteiger partial charge in [-0.1, -0.05) is 6.08 Å². The number of amides is 3. The van der Waals surface area contributed by atoms with Crippen LogP contribution in [0.1, 0.15) is 55.6 Å². The van der Waals surface area contributed by atoms with Crippen LogP contribution in [0.4, 0.5) is 5.69 Å². The minimum Gasteiger partial charge on any atom is -0.466 e. The lowest BCUT2D eigenvalue weighted by molar-refractivity contribution is -0.134. The highest BCUT2D eigenvalue weighted by atomic mass is 16.5. The van der Waals surface area contributed by atoms with Crippen molar-refractivity contribution in [1.29, 1.82) is 0 Å². The molecule has 0 aliphatic heterocycles. The molecule has 0 spiro atoms. The molecular formula is C29H37N7O6. The Balaban J connectivity index is 1.23. The van der Waals surface area contributed by atoms with Crippen molar-refractivity contribution in [3.63, 3.8) is 0 Å². The molecule has 13 nitrogen and oxygen atoms in total. The first-order valence-electron chi connectivity index (χ1n) is 14.4. The first kappa shape index (κ1) is 29.2. The normalized spacial score (nSPS) is 24.8. The van der Waals surface area contributed by atoms with Gasteiger partial charge in [0.1, 0.15) is 24.6 Å². The van der Waals surface area contributed by atoms with Gasteiger partial charge in [0.2, 0.25) is 17.6 Å². The lowest BCUT2D eigenvalue weighted by Gasteiger charge is -2.54. The molecule has 4 saturated carbocycles. The van der Waals surface area contributed by atoms with Crippen LogP contribution in [-0.4, -0.2) is 62.2 Å². The van der Waals surface area contributed by atoms with Crippen molar-refractivity contribution in [2.24, 2.45) is 30.7 Å². The average Bonchev–Trinajstić information content (AvgIpc) is 3.40. The number of pyridine rings is 1. The molecule has 1 atom stereocenters. The van der Waals surface area contributed by atoms with E-state index in [1.807, 2.05) is 0 Å². The molecule has 0 unspecified atom stereocenters. The second-order valence-corrected chi connectivity index (χ2v) is 11.6. The van der Waals surface area contributed by atoms with Gasteiger partial charge in [0, 0.05) is 25.4 Å². The minimum atomic E-state index is -1.07. The summed E-state index contributed by atoms with van der Waals surface area (Å²) in [7, 11) is 2.86. The highest BCUT2D eigenvalue weighted by molar-refractivity contribution is 5.99. The number of anilines is 1. The second-order valence-electron chi connectivity index (χ2n) is 11.6. The van der Waals surface area contributed by atoms with Crippen LogP contribution in [0.2, 0.25) is 0 Å². The van der Waals surface area contributed by atoms with E-state index in [2.05, 4.69) is 30.8 Å². The Kier molecular flexibility index (Phi) is 8.83. The zero-order valence-corrected chi connectivity index (χ0v) is 23.8. The Labute approximate surface area is 243 Å². The number of aryl methyl sites for hydroxylation is 1. The number of ether oxygens (including phenoxy) is 1. The summed E-state index contributed by atoms with van der Waals surface area (Å²) in [5.41, 5.74) is -0.557. The zero-order chi connectivity index (χ0) is 29.8. The number of hydrogen-bond acceptors (Lipinski definition) is 8. The average molecular weight is 580 g/mol. The summed E-state index contributed by atoms with van der Waals surface area (Å²) in [6.45, 7) is -0.158. The van der Waals surface area contributed by atoms with Crippen LogP contribution < -0.4 is 21.5 Å². The molecule has 42 heavy (non-hydrogen) atoms. The molecule has 4 bridgehead atoms. The largest absolute Gasteiger partial charge is 0.466 e. The summed E-state index contributed by atoms with van der Waals surface area (Å²) < 4.78 is 7.19. The second kappa shape index (κ2) is 12.7. The number of hydrogen-bond donors (Lipinski definition) is 3. The number of methoxy groups -OCH3 is 1. The number of nitrogens with zero attached hydrogens (tertiary/aromatic N) is 4. The van der Waals surface area contributed by atoms with E-state index in [1.54, 1.807) is 13.1 Å². The van der Waals surface area contributed by atoms with E-state index in [1.165, 1.54) is 79.2 Å². The van der Waals surface area contributed by atoms with Crippen LogP contribution in [0.3, 0.4) is 0 Å². The van der Waals surface area contributed by atoms with Crippen LogP contribution in [-0.2, 0) is 32.7 Å². The van der Waals surface area contributed by atoms with E-state index in [9.17, 15) is 24.0 Å². The minimum absolute atomic E-state index is 0.0229. The molecule has 4 aliphatic carbocycles. The monoisotopic (exact) mass is 579 g/mol. The molecule has 13 heteroatoms. The molecule has 2 aromatic rings. The predicted octanol–water partition coefficient (Wildman–Crippen LogP) is 1.16. The summed E-state index contributed by atoms with van der Waals surface area (Å²) in [6.07, 6.45) is 12.0. The van der Waals surface area contributed by atoms with Crippen LogP contribution in [0.25, 0.3) is 0 Å². The number of esters is 1. The quantitative estimate of drug-likeness (QED) is 0.263. The van der Waals surface area contributed by atoms with E-state index in [-0.39, 0.29) is 42.8 Å². The Morgan fingerprint density at radius 3 is 2.48 bits per heavy atom. The molecule has 0 saturated heterocycles. The molecule has 2 heterocycles. The van der Waals surface area contributed by atoms with Crippen LogP contribution in [0.5, 0.6) is 0 Å². The first-order valence-corrected chi connectivity index (χ1v) is 14.4. The maximum Gasteiger partial charge on any atom is 0.330 e. The Morgan fingerprint density at radius 1 is 1.12 bits per heavy atom. The van der Waals surface area contributed by atoms with E-state index in [0.29, 0.717) is 11.8 Å². The van der Waals surface area contributed by atoms with Crippen molar-refractivity contribution in [3.05, 3.63) is 53.0 Å². The van der Waals surface area contributed by atoms with Gasteiger partial charge in [0.25, 0.3) is 11.5 Å². The third-order valence-corrected chi connectivity index (χ3v) is 8.65. The maximum absolute atomic E-state index is 13.2. The highest BCUT2D eigenvalue weighted by Gasteiger charge is 2.48. The Hall–Kier alpha value is -4.29. The van der Waals surface area contributed by atoms with Gasteiger partial charge in [0.05, 0.1) is 7.11 Å². The van der Waals surface area contributed by atoms with Crippen molar-refractivity contribution < 1.29 is 23.9 Å². The zero-order valence-electron chi connectivity index (χ0n) is 23.8. The van der Waals surface area contributed by atoms with Gasteiger partial charge in [-0.15, -0.1) is 5.10 Å². The van der Waals surface area contributed by atoms with Crippen molar-refractivity contribution >= 4 is 29.4 Å². The van der Waals surface area contributed by atoms with Crippen molar-refractivity contribution in [2.45, 2.75) is 63.6 Å². The maximum atomic E-state index is 13.2. The number of aromatic nitrogens is 4. The smallest absolute Gasteiger partial charge is 0.330 e. The van der Waals surface area contributed by atoms with E-state index in [0.717, 1.165) is 11.8 Å². The Bertz CT molecular complexity index is 1400. The van der Waals surface area contributed by atoms with Gasteiger partial charge in [-0.2, -0.15) is 0 Å². The highest BCUT2D eigenvalue weighted by Crippen LogP contribution is 2.53. The first-order chi connectivity index (χ1) is 20.2. The van der Waals surface area contributed by atoms with Gasteiger partial charge in [-0.3, -0.25) is 23.9 Å². The third-order valence-electron chi connectivity index (χ3n) is 8.65. The van der Waals surface area contributed by atoms with E-state index < -0.39 is 29.4 Å². The van der Waals surface area contributed by atoms with Crippen molar-refractivity contribution in [1.82, 2.24) is 30.0 Å². The van der Waals surface area contributed by atoms with Crippen molar-refractivity contribution in [2.75, 3.05) is 12.4 Å². The summed E-state index contributed by atoms with van der Waals surface area (Å²) >= 11 is 0. The lowest BCUT2D eigenvalue weighted by atomic mass is 9.54. The summed E-state index contributed by atoms with van der Waals surface area (Å²) in [6, 6.07) is 2.12. The lowest BCUT2D eigenvalue weighted by Crippen LogP contribution is -2.56. The number of carbonyl (C=O) groups excluding carboxylic acids is 4. The van der Waals surface area contributed by atoms with Gasteiger partial charge in [-0.05, 0) is 80.8 Å². The standard InChI is InChI=1S/C29H37N7O6/c1-35-16-30-26(34-35)28(40)31-21(6-3-4-8-24(38)42-2)27(39)32-22-7-5-9-36(29(22)41)15-23(37)33-25-19-11-17-10-18(13-19)14-20(25)12-17/h4-5,7-9,16-21,25H,3,6,10-15H2,1-2H3,(H,31,40)(H,32,39)(H,33,37)/b8-4+/t17?,18?,19?,20?,21-,25?/m0/s1. The SMILES string of the molecule is COC(=O)/C=C/CC[C@H](NC(=O)c1ncn(C)n1)C(=O)Nc1cccn(CC(=O)NC2C3CC4CC(C3)CC2C4)c1=O. The number of allylic oxidation sites excluding steroid dienone is 1. The summed E-state index contributed by atoms with van der Waals surface area (Å²) in [5, 5.41) is 12.3. The fourth-order valence-corrected chi connectivity index (χ4v) is 6.97. The van der Waals surface area contributed by atoms with Gasteiger partial charge in [0.15, 0.2) is 0 Å². The number of nitrogens with one attached hydrogen (secondary N) is 3. The fourth-order valence-electron chi connectivity index (χ4n) is 6.97. The van der Waals surface area contributed by atoms with Gasteiger partial charge in [-0.25, -0.2) is 9.78 Å². The topological polar surface area (TPSA) is 166 Å². The molecule has 3 amide bonds. The fraction of sp³-hybridized carbons (Fsp3) is 0.552. The summed E-state index contributed by atoms with van der Waals surface area (Å²) in [4.78, 5) is 67.4. The third kappa shape index (κ3) is 6.77. The predicted molar refractivity (Wildman–Crippen MR) is 151 cm³/mol. The van der Waals surface area contributed by atoms with E-state index >= 15 is 0 Å². The molecule has 0 radical (unpaired) electrons. The van der Waals surface area contributed by atoms with Gasteiger partial charge >= 0.3 is 5.97 Å². The molecule has 4 fully saturated rings. The van der Waals surface area contributed by atoms with E-state index in [4.69, 9.17) is 0 Å². The number of rotatable bonds is 11. The molecular weight excluding hydrogens is 542 g/mol. The van der Waals surface area contributed by atoms with Crippen LogP contribution in [0.15, 0.2) is 41.6 Å². The number of carbonyl (C=O) groups is 4. The van der Waals surface area contributed by atoms with Gasteiger partial charge < -0.3 is 25.3 Å². The molecule has 4 aliphatic rings. The van der Waals surface area contributed by atoms with Crippen LogP contribution in [0, 0.1) is 23.7 Å². The molecule has 3 N–H and O–H groups in total. The molecule has 224 valence electrons. The van der Waals surface area contributed by atoms with Crippen LogP contribution >= 0.6 is 0 Å². The molecule has 6 rings (SSSR count). The molecule has 2 aromatic heterocycles. The van der Waals surface area contributed by atoms with Crippen molar-refractivity contribution in [3.8, 4) is 0 Å².